The van der Waals surface area contributed by atoms with Crippen LogP contribution in [0.1, 0.15) is 0 Å². The molecular formula is C27H18Cl2N2. The molecular weight excluding hydrogens is 423 g/mol. The first-order valence-corrected chi connectivity index (χ1v) is 10.7. The highest BCUT2D eigenvalue weighted by Crippen LogP contribution is 2.39. The highest BCUT2D eigenvalue weighted by atomic mass is 35.5. The quantitative estimate of drug-likeness (QED) is 0.298. The van der Waals surface area contributed by atoms with E-state index in [1.807, 2.05) is 78.9 Å². The Bertz CT molecular complexity index is 1290. The zero-order chi connectivity index (χ0) is 21.2. The molecule has 4 heteroatoms. The van der Waals surface area contributed by atoms with Crippen molar-refractivity contribution in [3.63, 3.8) is 0 Å². The zero-order valence-corrected chi connectivity index (χ0v) is 18.0. The van der Waals surface area contributed by atoms with Crippen LogP contribution in [-0.4, -0.2) is 9.97 Å². The van der Waals surface area contributed by atoms with Gasteiger partial charge in [0.15, 0.2) is 0 Å². The van der Waals surface area contributed by atoms with Crippen molar-refractivity contribution in [2.45, 2.75) is 0 Å². The predicted molar refractivity (Wildman–Crippen MR) is 130 cm³/mol. The molecule has 0 bridgehead atoms. The molecule has 0 aliphatic rings. The number of rotatable bonds is 4. The standard InChI is InChI=1S/C27H18Cl2N2/c28-20-15-16-22(23(17-20)21-13-7-8-14-24(21)29)27-30-25(18-9-3-1-4-10-18)26(31-27)19-11-5-2-6-12-19/h1-17H,(H,30,31). The molecule has 0 amide bonds. The van der Waals surface area contributed by atoms with Crippen LogP contribution in [0.4, 0.5) is 0 Å². The van der Waals surface area contributed by atoms with Crippen LogP contribution in [0.2, 0.25) is 10.0 Å². The summed E-state index contributed by atoms with van der Waals surface area (Å²) in [5.41, 5.74) is 6.80. The first kappa shape index (κ1) is 19.6. The normalized spacial score (nSPS) is 10.9. The van der Waals surface area contributed by atoms with Crippen molar-refractivity contribution >= 4 is 23.2 Å². The molecule has 150 valence electrons. The predicted octanol–water partition coefficient (Wildman–Crippen LogP) is 8.38. The van der Waals surface area contributed by atoms with Crippen LogP contribution < -0.4 is 0 Å². The lowest BCUT2D eigenvalue weighted by atomic mass is 9.99. The van der Waals surface area contributed by atoms with Gasteiger partial charge in [-0.25, -0.2) is 4.98 Å². The van der Waals surface area contributed by atoms with E-state index in [0.29, 0.717) is 10.0 Å². The van der Waals surface area contributed by atoms with Crippen molar-refractivity contribution in [2.75, 3.05) is 0 Å². The molecule has 4 aromatic carbocycles. The number of benzene rings is 4. The molecule has 0 radical (unpaired) electrons. The number of H-pyrrole nitrogens is 1. The fourth-order valence-electron chi connectivity index (χ4n) is 3.74. The molecule has 0 unspecified atom stereocenters. The average Bonchev–Trinajstić information content (AvgIpc) is 3.26. The number of hydrogen-bond donors (Lipinski definition) is 1. The molecule has 31 heavy (non-hydrogen) atoms. The smallest absolute Gasteiger partial charge is 0.139 e. The van der Waals surface area contributed by atoms with Gasteiger partial charge in [0.25, 0.3) is 0 Å². The van der Waals surface area contributed by atoms with Gasteiger partial charge >= 0.3 is 0 Å². The SMILES string of the molecule is Clc1ccc(-c2nc(-c3ccccc3)c(-c3ccccc3)[nH]2)c(-c2ccccc2Cl)c1. The Balaban J connectivity index is 1.75. The van der Waals surface area contributed by atoms with Crippen LogP contribution in [0.15, 0.2) is 103 Å². The summed E-state index contributed by atoms with van der Waals surface area (Å²) in [7, 11) is 0. The fourth-order valence-corrected chi connectivity index (χ4v) is 4.15. The third kappa shape index (κ3) is 3.88. The van der Waals surface area contributed by atoms with Crippen molar-refractivity contribution in [2.24, 2.45) is 0 Å². The van der Waals surface area contributed by atoms with E-state index in [9.17, 15) is 0 Å². The summed E-state index contributed by atoms with van der Waals surface area (Å²) in [5.74, 6) is 0.768. The number of halogens is 2. The van der Waals surface area contributed by atoms with E-state index in [0.717, 1.165) is 45.0 Å². The highest BCUT2D eigenvalue weighted by molar-refractivity contribution is 6.34. The largest absolute Gasteiger partial charge is 0.337 e. The topological polar surface area (TPSA) is 28.7 Å². The van der Waals surface area contributed by atoms with Crippen LogP contribution in [0.25, 0.3) is 45.0 Å². The molecule has 0 fully saturated rings. The molecule has 0 aliphatic carbocycles. The van der Waals surface area contributed by atoms with E-state index in [4.69, 9.17) is 28.2 Å². The lowest BCUT2D eigenvalue weighted by Crippen LogP contribution is -1.88. The summed E-state index contributed by atoms with van der Waals surface area (Å²) >= 11 is 12.9. The van der Waals surface area contributed by atoms with Crippen molar-refractivity contribution in [1.29, 1.82) is 0 Å². The van der Waals surface area contributed by atoms with Crippen LogP contribution in [0.5, 0.6) is 0 Å². The van der Waals surface area contributed by atoms with Crippen molar-refractivity contribution in [1.82, 2.24) is 9.97 Å². The Hall–Kier alpha value is -3.33. The minimum Gasteiger partial charge on any atom is -0.337 e. The second-order valence-corrected chi connectivity index (χ2v) is 8.05. The van der Waals surface area contributed by atoms with Gasteiger partial charge in [-0.3, -0.25) is 0 Å². The molecule has 5 rings (SSSR count). The summed E-state index contributed by atoms with van der Waals surface area (Å²) in [4.78, 5) is 8.60. The summed E-state index contributed by atoms with van der Waals surface area (Å²) < 4.78 is 0. The maximum atomic E-state index is 6.53. The molecule has 1 aromatic heterocycles. The Labute approximate surface area is 191 Å². The summed E-state index contributed by atoms with van der Waals surface area (Å²) in [6.45, 7) is 0. The first-order valence-electron chi connectivity index (χ1n) is 9.96. The van der Waals surface area contributed by atoms with Crippen LogP contribution in [-0.2, 0) is 0 Å². The first-order chi connectivity index (χ1) is 15.2. The van der Waals surface area contributed by atoms with E-state index < -0.39 is 0 Å². The molecule has 0 saturated heterocycles. The second kappa shape index (κ2) is 8.43. The van der Waals surface area contributed by atoms with Gasteiger partial charge in [-0.05, 0) is 29.8 Å². The minimum atomic E-state index is 0.650. The number of nitrogens with zero attached hydrogens (tertiary/aromatic N) is 1. The van der Waals surface area contributed by atoms with Crippen LogP contribution in [0, 0.1) is 0 Å². The van der Waals surface area contributed by atoms with Gasteiger partial charge in [0.2, 0.25) is 0 Å². The minimum absolute atomic E-state index is 0.650. The lowest BCUT2D eigenvalue weighted by molar-refractivity contribution is 1.31. The summed E-state index contributed by atoms with van der Waals surface area (Å²) in [5, 5.41) is 1.32. The molecule has 0 saturated carbocycles. The second-order valence-electron chi connectivity index (χ2n) is 7.21. The maximum Gasteiger partial charge on any atom is 0.139 e. The molecule has 0 atom stereocenters. The van der Waals surface area contributed by atoms with Gasteiger partial charge < -0.3 is 4.98 Å². The van der Waals surface area contributed by atoms with Crippen molar-refractivity contribution in [3.05, 3.63) is 113 Å². The van der Waals surface area contributed by atoms with E-state index >= 15 is 0 Å². The summed E-state index contributed by atoms with van der Waals surface area (Å²) in [6, 6.07) is 34.0. The monoisotopic (exact) mass is 440 g/mol. The van der Waals surface area contributed by atoms with Gasteiger partial charge in [0.05, 0.1) is 11.4 Å². The molecule has 1 heterocycles. The number of aromatic nitrogens is 2. The van der Waals surface area contributed by atoms with Crippen LogP contribution in [0.3, 0.4) is 0 Å². The third-order valence-corrected chi connectivity index (χ3v) is 5.78. The lowest BCUT2D eigenvalue weighted by Gasteiger charge is -2.10. The number of nitrogens with one attached hydrogen (secondary N) is 1. The molecule has 1 N–H and O–H groups in total. The molecule has 2 nitrogen and oxygen atoms in total. The van der Waals surface area contributed by atoms with Gasteiger partial charge in [0.1, 0.15) is 5.82 Å². The molecule has 5 aromatic rings. The molecule has 0 spiro atoms. The fraction of sp³-hybridized carbons (Fsp3) is 0. The van der Waals surface area contributed by atoms with Crippen molar-refractivity contribution < 1.29 is 0 Å². The highest BCUT2D eigenvalue weighted by Gasteiger charge is 2.18. The van der Waals surface area contributed by atoms with E-state index in [2.05, 4.69) is 29.2 Å². The Morgan fingerprint density at radius 1 is 0.581 bits per heavy atom. The Kier molecular flexibility index (Phi) is 5.33. The summed E-state index contributed by atoms with van der Waals surface area (Å²) in [6.07, 6.45) is 0. The molecule has 0 aliphatic heterocycles. The van der Waals surface area contributed by atoms with Gasteiger partial charge in [0, 0.05) is 32.3 Å². The third-order valence-electron chi connectivity index (χ3n) is 5.21. The Morgan fingerprint density at radius 3 is 1.94 bits per heavy atom. The van der Waals surface area contributed by atoms with E-state index in [-0.39, 0.29) is 0 Å². The Morgan fingerprint density at radius 2 is 1.23 bits per heavy atom. The van der Waals surface area contributed by atoms with Gasteiger partial charge in [-0.1, -0.05) is 102 Å². The van der Waals surface area contributed by atoms with E-state index in [1.165, 1.54) is 0 Å². The number of imidazole rings is 1. The number of aromatic amines is 1. The van der Waals surface area contributed by atoms with Crippen molar-refractivity contribution in [3.8, 4) is 45.0 Å². The van der Waals surface area contributed by atoms with Gasteiger partial charge in [-0.15, -0.1) is 0 Å². The number of hydrogen-bond acceptors (Lipinski definition) is 1. The van der Waals surface area contributed by atoms with Crippen LogP contribution >= 0.6 is 23.2 Å². The zero-order valence-electron chi connectivity index (χ0n) is 16.5. The average molecular weight is 441 g/mol. The van der Waals surface area contributed by atoms with Gasteiger partial charge in [-0.2, -0.15) is 0 Å². The maximum absolute atomic E-state index is 6.53. The van der Waals surface area contributed by atoms with E-state index in [1.54, 1.807) is 0 Å².